The molecule has 0 spiro atoms. The number of methoxy groups -OCH3 is 2. The molecule has 2 aromatic heterocycles. The lowest BCUT2D eigenvalue weighted by Gasteiger charge is -2.18. The van der Waals surface area contributed by atoms with Crippen molar-refractivity contribution >= 4 is 40.0 Å². The van der Waals surface area contributed by atoms with E-state index in [-0.39, 0.29) is 11.7 Å². The Labute approximate surface area is 207 Å². The second kappa shape index (κ2) is 10.6. The predicted octanol–water partition coefficient (Wildman–Crippen LogP) is 4.68. The van der Waals surface area contributed by atoms with E-state index < -0.39 is 5.97 Å². The quantitative estimate of drug-likeness (QED) is 0.354. The van der Waals surface area contributed by atoms with E-state index in [0.717, 1.165) is 46.8 Å². The van der Waals surface area contributed by atoms with Crippen LogP contribution in [0.25, 0.3) is 11.4 Å². The number of esters is 1. The maximum atomic E-state index is 12.8. The molecule has 8 nitrogen and oxygen atoms in total. The largest absolute Gasteiger partial charge is 0.497 e. The van der Waals surface area contributed by atoms with Gasteiger partial charge in [0.15, 0.2) is 11.0 Å². The van der Waals surface area contributed by atoms with Crippen molar-refractivity contribution in [2.45, 2.75) is 44.8 Å². The summed E-state index contributed by atoms with van der Waals surface area (Å²) in [6.45, 7) is 4.89. The van der Waals surface area contributed by atoms with Gasteiger partial charge in [-0.15, -0.1) is 21.5 Å². The van der Waals surface area contributed by atoms with Crippen molar-refractivity contribution in [2.75, 3.05) is 25.3 Å². The van der Waals surface area contributed by atoms with Gasteiger partial charge in [0, 0.05) is 17.0 Å². The number of benzene rings is 1. The number of hydrogen-bond donors (Lipinski definition) is 1. The van der Waals surface area contributed by atoms with Crippen molar-refractivity contribution in [3.63, 3.8) is 0 Å². The topological polar surface area (TPSA) is 95.3 Å². The Kier molecular flexibility index (Phi) is 7.57. The van der Waals surface area contributed by atoms with Gasteiger partial charge in [0.2, 0.25) is 5.91 Å². The Hall–Kier alpha value is -2.85. The highest BCUT2D eigenvalue weighted by molar-refractivity contribution is 7.99. The van der Waals surface area contributed by atoms with Crippen LogP contribution in [0.4, 0.5) is 5.00 Å². The van der Waals surface area contributed by atoms with E-state index in [1.807, 2.05) is 35.8 Å². The number of ether oxygens (including phenoxy) is 2. The molecule has 0 aliphatic heterocycles. The molecule has 1 unspecified atom stereocenters. The molecule has 4 rings (SSSR count). The number of aromatic nitrogens is 3. The summed E-state index contributed by atoms with van der Waals surface area (Å²) in [5, 5.41) is 12.8. The zero-order valence-corrected chi connectivity index (χ0v) is 21.3. The molecule has 1 atom stereocenters. The van der Waals surface area contributed by atoms with Gasteiger partial charge in [0.1, 0.15) is 10.8 Å². The number of thiophene rings is 1. The fourth-order valence-corrected chi connectivity index (χ4v) is 6.30. The van der Waals surface area contributed by atoms with Gasteiger partial charge >= 0.3 is 5.97 Å². The number of carbonyl (C=O) groups excluding carboxylic acids is 2. The third-order valence-electron chi connectivity index (χ3n) is 5.87. The zero-order valence-electron chi connectivity index (χ0n) is 19.7. The molecule has 0 bridgehead atoms. The molecule has 1 aliphatic carbocycles. The second-order valence-electron chi connectivity index (χ2n) is 8.16. The van der Waals surface area contributed by atoms with Crippen molar-refractivity contribution < 1.29 is 19.1 Å². The van der Waals surface area contributed by atoms with Crippen molar-refractivity contribution in [3.05, 3.63) is 40.3 Å². The molecule has 0 saturated heterocycles. The summed E-state index contributed by atoms with van der Waals surface area (Å²) < 4.78 is 12.2. The van der Waals surface area contributed by atoms with Gasteiger partial charge in [-0.3, -0.25) is 4.79 Å². The summed E-state index contributed by atoms with van der Waals surface area (Å²) in [4.78, 5) is 26.5. The van der Waals surface area contributed by atoms with Gasteiger partial charge in [-0.05, 0) is 61.9 Å². The summed E-state index contributed by atoms with van der Waals surface area (Å²) >= 11 is 2.80. The Balaban J connectivity index is 1.48. The fraction of sp³-hybridized carbons (Fsp3) is 0.417. The average Bonchev–Trinajstić information content (AvgIpc) is 3.42. The Morgan fingerprint density at radius 3 is 2.68 bits per heavy atom. The van der Waals surface area contributed by atoms with Crippen LogP contribution < -0.4 is 10.1 Å². The highest BCUT2D eigenvalue weighted by Gasteiger charge is 2.29. The minimum Gasteiger partial charge on any atom is -0.497 e. The predicted molar refractivity (Wildman–Crippen MR) is 134 cm³/mol. The number of rotatable bonds is 8. The first-order valence-electron chi connectivity index (χ1n) is 11.2. The number of nitrogens with one attached hydrogen (secondary N) is 1. The standard InChI is InChI=1S/C24H28N4O4S2/c1-5-28-21(15-7-9-16(31-3)10-8-15)26-27-24(28)33-13-19(29)25-22-20(23(30)32-4)17-11-6-14(2)12-18(17)34-22/h7-10,14H,5-6,11-13H2,1-4H3,(H,25,29). The Morgan fingerprint density at radius 1 is 1.24 bits per heavy atom. The summed E-state index contributed by atoms with van der Waals surface area (Å²) in [7, 11) is 3.00. The van der Waals surface area contributed by atoms with Gasteiger partial charge in [0.05, 0.1) is 25.5 Å². The van der Waals surface area contributed by atoms with Gasteiger partial charge in [-0.1, -0.05) is 18.7 Å². The Bertz CT molecular complexity index is 1190. The molecule has 0 saturated carbocycles. The van der Waals surface area contributed by atoms with E-state index in [1.54, 1.807) is 7.11 Å². The maximum Gasteiger partial charge on any atom is 0.341 e. The number of fused-ring (bicyclic) bond motifs is 1. The lowest BCUT2D eigenvalue weighted by molar-refractivity contribution is -0.113. The average molecular weight is 501 g/mol. The summed E-state index contributed by atoms with van der Waals surface area (Å²) in [5.74, 6) is 1.63. The van der Waals surface area contributed by atoms with Crippen LogP contribution in [-0.2, 0) is 28.9 Å². The normalized spacial score (nSPS) is 15.0. The first-order chi connectivity index (χ1) is 16.4. The van der Waals surface area contributed by atoms with Crippen molar-refractivity contribution in [1.82, 2.24) is 14.8 Å². The highest BCUT2D eigenvalue weighted by atomic mass is 32.2. The minimum atomic E-state index is -0.398. The third-order valence-corrected chi connectivity index (χ3v) is 8.00. The number of amides is 1. The summed E-state index contributed by atoms with van der Waals surface area (Å²) in [5.41, 5.74) is 2.45. The van der Waals surface area contributed by atoms with Gasteiger partial charge in [-0.2, -0.15) is 0 Å². The lowest BCUT2D eigenvalue weighted by Crippen LogP contribution is -2.17. The van der Waals surface area contributed by atoms with Gasteiger partial charge in [0.25, 0.3) is 0 Å². The fourth-order valence-electron chi connectivity index (χ4n) is 4.08. The van der Waals surface area contributed by atoms with Gasteiger partial charge < -0.3 is 19.4 Å². The van der Waals surface area contributed by atoms with E-state index >= 15 is 0 Å². The molecule has 10 heteroatoms. The monoisotopic (exact) mass is 500 g/mol. The smallest absolute Gasteiger partial charge is 0.341 e. The zero-order chi connectivity index (χ0) is 24.2. The molecule has 180 valence electrons. The van der Waals surface area contributed by atoms with Crippen LogP contribution in [-0.4, -0.2) is 46.6 Å². The number of nitrogens with zero attached hydrogens (tertiary/aromatic N) is 3. The van der Waals surface area contributed by atoms with Crippen molar-refractivity contribution in [1.29, 1.82) is 0 Å². The van der Waals surface area contributed by atoms with Crippen LogP contribution in [0.1, 0.15) is 41.1 Å². The second-order valence-corrected chi connectivity index (χ2v) is 10.2. The van der Waals surface area contributed by atoms with E-state index in [2.05, 4.69) is 22.4 Å². The van der Waals surface area contributed by atoms with Crippen molar-refractivity contribution in [2.24, 2.45) is 5.92 Å². The van der Waals surface area contributed by atoms with E-state index in [4.69, 9.17) is 9.47 Å². The van der Waals surface area contributed by atoms with Crippen LogP contribution in [0.3, 0.4) is 0 Å². The molecule has 0 radical (unpaired) electrons. The molecule has 3 aromatic rings. The first-order valence-corrected chi connectivity index (χ1v) is 13.0. The van der Waals surface area contributed by atoms with Crippen LogP contribution >= 0.6 is 23.1 Å². The highest BCUT2D eigenvalue weighted by Crippen LogP contribution is 2.40. The number of hydrogen-bond acceptors (Lipinski definition) is 8. The van der Waals surface area contributed by atoms with Gasteiger partial charge in [-0.25, -0.2) is 4.79 Å². The molecular weight excluding hydrogens is 472 g/mol. The third kappa shape index (κ3) is 4.97. The van der Waals surface area contributed by atoms with E-state index in [9.17, 15) is 9.59 Å². The lowest BCUT2D eigenvalue weighted by atomic mass is 9.88. The van der Waals surface area contributed by atoms with E-state index in [0.29, 0.717) is 28.2 Å². The summed E-state index contributed by atoms with van der Waals surface area (Å²) in [6.07, 6.45) is 2.78. The van der Waals surface area contributed by atoms with E-state index in [1.165, 1.54) is 30.2 Å². The first kappa shape index (κ1) is 24.3. The van der Waals surface area contributed by atoms with Crippen LogP contribution in [0, 0.1) is 5.92 Å². The molecular formula is C24H28N4O4S2. The maximum absolute atomic E-state index is 12.8. The SMILES string of the molecule is CCn1c(SCC(=O)Nc2sc3c(c2C(=O)OC)CCC(C)C3)nnc1-c1ccc(OC)cc1. The molecule has 1 N–H and O–H groups in total. The molecule has 2 heterocycles. The molecule has 1 amide bonds. The number of anilines is 1. The molecule has 1 aliphatic rings. The minimum absolute atomic E-state index is 0.153. The van der Waals surface area contributed by atoms with Crippen LogP contribution in [0.2, 0.25) is 0 Å². The molecule has 34 heavy (non-hydrogen) atoms. The Morgan fingerprint density at radius 2 is 2.00 bits per heavy atom. The molecule has 1 aromatic carbocycles. The van der Waals surface area contributed by atoms with Crippen LogP contribution in [0.15, 0.2) is 29.4 Å². The van der Waals surface area contributed by atoms with Crippen molar-refractivity contribution in [3.8, 4) is 17.1 Å². The van der Waals surface area contributed by atoms with Crippen LogP contribution in [0.5, 0.6) is 5.75 Å². The molecule has 0 fully saturated rings. The number of thioether (sulfide) groups is 1. The number of carbonyl (C=O) groups is 2. The summed E-state index contributed by atoms with van der Waals surface area (Å²) in [6, 6.07) is 7.63.